The first-order chi connectivity index (χ1) is 10.2. The van der Waals surface area contributed by atoms with E-state index in [4.69, 9.17) is 11.6 Å². The van der Waals surface area contributed by atoms with Crippen molar-refractivity contribution in [3.63, 3.8) is 0 Å². The van der Waals surface area contributed by atoms with E-state index in [2.05, 4.69) is 9.97 Å². The number of nitrogens with zero attached hydrogens (tertiary/aromatic N) is 3. The molecule has 106 valence electrons. The van der Waals surface area contributed by atoms with E-state index in [-0.39, 0.29) is 5.56 Å². The zero-order chi connectivity index (χ0) is 14.8. The van der Waals surface area contributed by atoms with E-state index < -0.39 is 0 Å². The van der Waals surface area contributed by atoms with E-state index >= 15 is 0 Å². The highest BCUT2D eigenvalue weighted by molar-refractivity contribution is 6.35. The van der Waals surface area contributed by atoms with Crippen LogP contribution in [0.25, 0.3) is 21.9 Å². The Bertz CT molecular complexity index is 843. The molecule has 0 spiro atoms. The van der Waals surface area contributed by atoms with Gasteiger partial charge in [-0.1, -0.05) is 18.5 Å². The quantitative estimate of drug-likeness (QED) is 0.743. The summed E-state index contributed by atoms with van der Waals surface area (Å²) in [6.45, 7) is 2.73. The molecule has 0 atom stereocenters. The highest BCUT2D eigenvalue weighted by Gasteiger charge is 2.09. The highest BCUT2D eigenvalue weighted by atomic mass is 35.5. The molecule has 0 aliphatic rings. The maximum absolute atomic E-state index is 12.4. The van der Waals surface area contributed by atoms with E-state index in [1.807, 2.05) is 25.3 Å². The third-order valence-corrected chi connectivity index (χ3v) is 3.69. The molecule has 3 aromatic rings. The number of aryl methyl sites for hydroxylation is 1. The summed E-state index contributed by atoms with van der Waals surface area (Å²) < 4.78 is 1.69. The summed E-state index contributed by atoms with van der Waals surface area (Å²) in [7, 11) is 0. The Kier molecular flexibility index (Phi) is 3.71. The Balaban J connectivity index is 2.23. The van der Waals surface area contributed by atoms with Crippen molar-refractivity contribution in [2.75, 3.05) is 0 Å². The van der Waals surface area contributed by atoms with E-state index in [0.29, 0.717) is 17.0 Å². The second kappa shape index (κ2) is 5.66. The van der Waals surface area contributed by atoms with Gasteiger partial charge in [0.25, 0.3) is 5.56 Å². The monoisotopic (exact) mass is 299 g/mol. The van der Waals surface area contributed by atoms with Crippen molar-refractivity contribution in [3.05, 3.63) is 58.5 Å². The first kappa shape index (κ1) is 13.8. The normalized spacial score (nSPS) is 11.0. The molecule has 2 aromatic heterocycles. The van der Waals surface area contributed by atoms with Gasteiger partial charge >= 0.3 is 0 Å². The first-order valence-corrected chi connectivity index (χ1v) is 7.16. The molecule has 0 amide bonds. The molecule has 0 radical (unpaired) electrons. The Labute approximate surface area is 127 Å². The highest BCUT2D eigenvalue weighted by Crippen LogP contribution is 2.28. The average Bonchev–Trinajstić information content (AvgIpc) is 2.50. The van der Waals surface area contributed by atoms with Crippen LogP contribution in [0.2, 0.25) is 5.02 Å². The van der Waals surface area contributed by atoms with Crippen LogP contribution in [0.3, 0.4) is 0 Å². The third kappa shape index (κ3) is 2.54. The molecule has 1 aromatic carbocycles. The second-order valence-corrected chi connectivity index (χ2v) is 5.27. The van der Waals surface area contributed by atoms with Crippen LogP contribution in [0.4, 0.5) is 0 Å². The zero-order valence-corrected chi connectivity index (χ0v) is 12.3. The van der Waals surface area contributed by atoms with Gasteiger partial charge in [-0.05, 0) is 35.6 Å². The Morgan fingerprint density at radius 2 is 1.95 bits per heavy atom. The minimum Gasteiger partial charge on any atom is -0.315 e. The minimum atomic E-state index is -0.0461. The summed E-state index contributed by atoms with van der Waals surface area (Å²) in [6.07, 6.45) is 7.65. The molecule has 0 aliphatic carbocycles. The van der Waals surface area contributed by atoms with Crippen LogP contribution in [0.15, 0.2) is 47.9 Å². The average molecular weight is 300 g/mol. The van der Waals surface area contributed by atoms with E-state index in [0.717, 1.165) is 22.9 Å². The van der Waals surface area contributed by atoms with Crippen LogP contribution >= 0.6 is 11.6 Å². The molecule has 0 N–H and O–H groups in total. The molecule has 3 rings (SSSR count). The molecule has 5 heteroatoms. The Morgan fingerprint density at radius 3 is 2.67 bits per heavy atom. The van der Waals surface area contributed by atoms with Crippen LogP contribution in [0.1, 0.15) is 13.3 Å². The lowest BCUT2D eigenvalue weighted by Gasteiger charge is -2.09. The van der Waals surface area contributed by atoms with E-state index in [1.165, 1.54) is 6.33 Å². The standard InChI is InChI=1S/C16H14ClN3O/c1-2-4-20-5-3-11-6-12(13-8-18-10-19-9-13)7-14(17)15(11)16(20)21/h3,5-10H,2,4H2,1H3. The van der Waals surface area contributed by atoms with Crippen molar-refractivity contribution in [2.45, 2.75) is 19.9 Å². The van der Waals surface area contributed by atoms with Gasteiger partial charge in [0.15, 0.2) is 0 Å². The summed E-state index contributed by atoms with van der Waals surface area (Å²) in [4.78, 5) is 20.5. The molecular weight excluding hydrogens is 286 g/mol. The molecule has 0 unspecified atom stereocenters. The van der Waals surface area contributed by atoms with Gasteiger partial charge in [-0.25, -0.2) is 9.97 Å². The van der Waals surface area contributed by atoms with Gasteiger partial charge in [-0.2, -0.15) is 0 Å². The molecule has 4 nitrogen and oxygen atoms in total. The van der Waals surface area contributed by atoms with Crippen molar-refractivity contribution >= 4 is 22.4 Å². The lowest BCUT2D eigenvalue weighted by atomic mass is 10.0. The lowest BCUT2D eigenvalue weighted by molar-refractivity contribution is 0.659. The number of fused-ring (bicyclic) bond motifs is 1. The van der Waals surface area contributed by atoms with Gasteiger partial charge in [0.2, 0.25) is 0 Å². The Morgan fingerprint density at radius 1 is 1.19 bits per heavy atom. The fourth-order valence-electron chi connectivity index (χ4n) is 2.40. The van der Waals surface area contributed by atoms with Crippen LogP contribution < -0.4 is 5.56 Å². The van der Waals surface area contributed by atoms with Crippen molar-refractivity contribution in [1.82, 2.24) is 14.5 Å². The molecule has 0 aliphatic heterocycles. The Hall–Kier alpha value is -2.20. The van der Waals surface area contributed by atoms with Gasteiger partial charge in [0.1, 0.15) is 6.33 Å². The molecule has 0 saturated carbocycles. The predicted octanol–water partition coefficient (Wildman–Crippen LogP) is 3.52. The SMILES string of the molecule is CCCn1ccc2cc(-c3cncnc3)cc(Cl)c2c1=O. The van der Waals surface area contributed by atoms with Gasteiger partial charge < -0.3 is 4.57 Å². The molecule has 0 saturated heterocycles. The summed E-state index contributed by atoms with van der Waals surface area (Å²) in [5.74, 6) is 0. The van der Waals surface area contributed by atoms with Crippen LogP contribution in [0, 0.1) is 0 Å². The number of aromatic nitrogens is 3. The third-order valence-electron chi connectivity index (χ3n) is 3.39. The van der Waals surface area contributed by atoms with Crippen molar-refractivity contribution in [2.24, 2.45) is 0 Å². The molecule has 2 heterocycles. The van der Waals surface area contributed by atoms with Gasteiger partial charge in [-0.3, -0.25) is 4.79 Å². The van der Waals surface area contributed by atoms with Crippen LogP contribution in [-0.2, 0) is 6.54 Å². The summed E-state index contributed by atoms with van der Waals surface area (Å²) in [6, 6.07) is 5.66. The zero-order valence-electron chi connectivity index (χ0n) is 11.6. The van der Waals surface area contributed by atoms with Crippen LogP contribution in [0.5, 0.6) is 0 Å². The molecule has 0 fully saturated rings. The van der Waals surface area contributed by atoms with Crippen molar-refractivity contribution in [3.8, 4) is 11.1 Å². The van der Waals surface area contributed by atoms with E-state index in [9.17, 15) is 4.79 Å². The topological polar surface area (TPSA) is 47.8 Å². The molecule has 0 bridgehead atoms. The maximum Gasteiger partial charge on any atom is 0.259 e. The fourth-order valence-corrected chi connectivity index (χ4v) is 2.71. The fraction of sp³-hybridized carbons (Fsp3) is 0.188. The number of benzene rings is 1. The second-order valence-electron chi connectivity index (χ2n) is 4.86. The van der Waals surface area contributed by atoms with Crippen molar-refractivity contribution < 1.29 is 0 Å². The summed E-state index contributed by atoms with van der Waals surface area (Å²) >= 11 is 6.34. The lowest BCUT2D eigenvalue weighted by Crippen LogP contribution is -2.19. The molecular formula is C16H14ClN3O. The largest absolute Gasteiger partial charge is 0.315 e. The predicted molar refractivity (Wildman–Crippen MR) is 84.5 cm³/mol. The van der Waals surface area contributed by atoms with Gasteiger partial charge in [0, 0.05) is 30.7 Å². The molecule has 21 heavy (non-hydrogen) atoms. The summed E-state index contributed by atoms with van der Waals surface area (Å²) in [5, 5.41) is 1.86. The number of halogens is 1. The number of rotatable bonds is 3. The van der Waals surface area contributed by atoms with Gasteiger partial charge in [0.05, 0.1) is 10.4 Å². The van der Waals surface area contributed by atoms with Gasteiger partial charge in [-0.15, -0.1) is 0 Å². The smallest absolute Gasteiger partial charge is 0.259 e. The van der Waals surface area contributed by atoms with E-state index in [1.54, 1.807) is 23.0 Å². The van der Waals surface area contributed by atoms with Crippen LogP contribution in [-0.4, -0.2) is 14.5 Å². The number of hydrogen-bond acceptors (Lipinski definition) is 3. The first-order valence-electron chi connectivity index (χ1n) is 6.79. The number of hydrogen-bond donors (Lipinski definition) is 0. The minimum absolute atomic E-state index is 0.0461. The van der Waals surface area contributed by atoms with Crippen molar-refractivity contribution in [1.29, 1.82) is 0 Å². The number of pyridine rings is 1. The maximum atomic E-state index is 12.4. The summed E-state index contributed by atoms with van der Waals surface area (Å²) in [5.41, 5.74) is 1.73.